The first-order chi connectivity index (χ1) is 15.3. The third-order valence-corrected chi connectivity index (χ3v) is 6.15. The standard InChI is InChI=1S/C22H31BrN6O2/c23-20-17-25-22(27-21(20)24-5-7-29-10-14-31-15-11-29)26-19-3-1-2-18(16-19)4-6-28-8-12-30-13-9-28/h1-3,16-17H,4-15H2,(H2,24,25,26,27). The molecule has 2 aliphatic rings. The molecule has 4 rings (SSSR count). The van der Waals surface area contributed by atoms with Gasteiger partial charge in [0.2, 0.25) is 5.95 Å². The lowest BCUT2D eigenvalue weighted by Crippen LogP contribution is -2.39. The van der Waals surface area contributed by atoms with Gasteiger partial charge in [-0.25, -0.2) is 4.98 Å². The van der Waals surface area contributed by atoms with Crippen molar-refractivity contribution in [1.82, 2.24) is 19.8 Å². The summed E-state index contributed by atoms with van der Waals surface area (Å²) in [6.45, 7) is 10.2. The Kier molecular flexibility index (Phi) is 8.48. The number of benzene rings is 1. The maximum Gasteiger partial charge on any atom is 0.229 e. The summed E-state index contributed by atoms with van der Waals surface area (Å²) >= 11 is 3.55. The van der Waals surface area contributed by atoms with E-state index in [1.54, 1.807) is 6.20 Å². The van der Waals surface area contributed by atoms with Crippen LogP contribution >= 0.6 is 15.9 Å². The van der Waals surface area contributed by atoms with Crippen LogP contribution in [0.1, 0.15) is 5.56 Å². The van der Waals surface area contributed by atoms with Crippen LogP contribution in [0.5, 0.6) is 0 Å². The van der Waals surface area contributed by atoms with E-state index in [0.717, 1.165) is 94.6 Å². The van der Waals surface area contributed by atoms with Crippen molar-refractivity contribution in [3.05, 3.63) is 40.5 Å². The van der Waals surface area contributed by atoms with Crippen molar-refractivity contribution in [3.8, 4) is 0 Å². The van der Waals surface area contributed by atoms with Crippen molar-refractivity contribution in [1.29, 1.82) is 0 Å². The molecule has 9 heteroatoms. The molecule has 0 amide bonds. The quantitative estimate of drug-likeness (QED) is 0.555. The Balaban J connectivity index is 1.30. The number of hydrogen-bond acceptors (Lipinski definition) is 8. The molecule has 2 aliphatic heterocycles. The molecule has 31 heavy (non-hydrogen) atoms. The van der Waals surface area contributed by atoms with Crippen LogP contribution in [0.3, 0.4) is 0 Å². The number of nitrogens with one attached hydrogen (secondary N) is 2. The highest BCUT2D eigenvalue weighted by Crippen LogP contribution is 2.22. The van der Waals surface area contributed by atoms with E-state index in [2.05, 4.69) is 70.6 Å². The molecule has 1 aromatic heterocycles. The van der Waals surface area contributed by atoms with Crippen LogP contribution in [-0.2, 0) is 15.9 Å². The maximum atomic E-state index is 5.43. The Bertz CT molecular complexity index is 827. The van der Waals surface area contributed by atoms with E-state index in [1.807, 2.05) is 0 Å². The van der Waals surface area contributed by atoms with Crippen molar-refractivity contribution in [2.24, 2.45) is 0 Å². The Labute approximate surface area is 192 Å². The molecule has 2 fully saturated rings. The lowest BCUT2D eigenvalue weighted by atomic mass is 10.1. The molecule has 0 radical (unpaired) electrons. The molecule has 2 saturated heterocycles. The van der Waals surface area contributed by atoms with Crippen LogP contribution in [-0.4, -0.2) is 92.0 Å². The van der Waals surface area contributed by atoms with Crippen molar-refractivity contribution < 1.29 is 9.47 Å². The molecule has 0 saturated carbocycles. The topological polar surface area (TPSA) is 74.8 Å². The molecular formula is C22H31BrN6O2. The summed E-state index contributed by atoms with van der Waals surface area (Å²) in [5, 5.41) is 6.76. The number of rotatable bonds is 9. The molecule has 0 spiro atoms. The Hall–Kier alpha value is -1.78. The number of halogens is 1. The zero-order chi connectivity index (χ0) is 21.3. The van der Waals surface area contributed by atoms with Crippen LogP contribution in [0.4, 0.5) is 17.5 Å². The fraction of sp³-hybridized carbons (Fsp3) is 0.545. The minimum absolute atomic E-state index is 0.586. The largest absolute Gasteiger partial charge is 0.379 e. The van der Waals surface area contributed by atoms with Crippen LogP contribution < -0.4 is 10.6 Å². The van der Waals surface area contributed by atoms with Crippen molar-refractivity contribution >= 4 is 33.4 Å². The zero-order valence-electron chi connectivity index (χ0n) is 17.9. The highest BCUT2D eigenvalue weighted by atomic mass is 79.9. The second-order valence-corrected chi connectivity index (χ2v) is 8.65. The molecule has 0 atom stereocenters. The van der Waals surface area contributed by atoms with Gasteiger partial charge in [-0.2, -0.15) is 4.98 Å². The first kappa shape index (κ1) is 22.4. The van der Waals surface area contributed by atoms with Crippen LogP contribution in [0.25, 0.3) is 0 Å². The molecule has 168 valence electrons. The Morgan fingerprint density at radius 1 is 0.968 bits per heavy atom. The lowest BCUT2D eigenvalue weighted by Gasteiger charge is -2.26. The summed E-state index contributed by atoms with van der Waals surface area (Å²) in [5.74, 6) is 1.39. The van der Waals surface area contributed by atoms with E-state index in [4.69, 9.17) is 9.47 Å². The first-order valence-corrected chi connectivity index (χ1v) is 11.8. The van der Waals surface area contributed by atoms with E-state index < -0.39 is 0 Å². The van der Waals surface area contributed by atoms with Gasteiger partial charge in [-0.05, 0) is 40.0 Å². The number of nitrogens with zero attached hydrogens (tertiary/aromatic N) is 4. The lowest BCUT2D eigenvalue weighted by molar-refractivity contribution is 0.0384. The third-order valence-electron chi connectivity index (χ3n) is 5.57. The fourth-order valence-corrected chi connectivity index (χ4v) is 4.09. The van der Waals surface area contributed by atoms with E-state index in [1.165, 1.54) is 5.56 Å². The number of hydrogen-bond donors (Lipinski definition) is 2. The summed E-state index contributed by atoms with van der Waals surface area (Å²) in [5.41, 5.74) is 2.30. The van der Waals surface area contributed by atoms with Crippen molar-refractivity contribution in [2.75, 3.05) is 82.9 Å². The molecule has 0 bridgehead atoms. The van der Waals surface area contributed by atoms with Gasteiger partial charge in [0.25, 0.3) is 0 Å². The minimum atomic E-state index is 0.586. The molecule has 2 N–H and O–H groups in total. The minimum Gasteiger partial charge on any atom is -0.379 e. The average molecular weight is 491 g/mol. The van der Waals surface area contributed by atoms with Gasteiger partial charge < -0.3 is 20.1 Å². The summed E-state index contributed by atoms with van der Waals surface area (Å²) in [7, 11) is 0. The van der Waals surface area contributed by atoms with E-state index in [-0.39, 0.29) is 0 Å². The Morgan fingerprint density at radius 3 is 2.42 bits per heavy atom. The molecule has 2 aromatic rings. The number of ether oxygens (including phenoxy) is 2. The summed E-state index contributed by atoms with van der Waals surface area (Å²) in [6, 6.07) is 8.48. The molecule has 0 unspecified atom stereocenters. The van der Waals surface area contributed by atoms with Gasteiger partial charge in [0.15, 0.2) is 0 Å². The second kappa shape index (κ2) is 11.7. The fourth-order valence-electron chi connectivity index (χ4n) is 3.75. The van der Waals surface area contributed by atoms with Crippen molar-refractivity contribution in [3.63, 3.8) is 0 Å². The van der Waals surface area contributed by atoms with E-state index >= 15 is 0 Å². The first-order valence-electron chi connectivity index (χ1n) is 11.0. The average Bonchev–Trinajstić information content (AvgIpc) is 2.81. The summed E-state index contributed by atoms with van der Waals surface area (Å²) < 4.78 is 11.7. The van der Waals surface area contributed by atoms with Gasteiger partial charge in [0.1, 0.15) is 5.82 Å². The van der Waals surface area contributed by atoms with Gasteiger partial charge in [-0.15, -0.1) is 0 Å². The zero-order valence-corrected chi connectivity index (χ0v) is 19.4. The second-order valence-electron chi connectivity index (χ2n) is 7.80. The monoisotopic (exact) mass is 490 g/mol. The molecule has 8 nitrogen and oxygen atoms in total. The highest BCUT2D eigenvalue weighted by Gasteiger charge is 2.12. The summed E-state index contributed by atoms with van der Waals surface area (Å²) in [4.78, 5) is 13.9. The van der Waals surface area contributed by atoms with Gasteiger partial charge >= 0.3 is 0 Å². The predicted octanol–water partition coefficient (Wildman–Crippen LogP) is 2.60. The SMILES string of the molecule is Brc1cnc(Nc2cccc(CCN3CCOCC3)c2)nc1NCCN1CCOCC1. The van der Waals surface area contributed by atoms with E-state index in [9.17, 15) is 0 Å². The number of aromatic nitrogens is 2. The number of morpholine rings is 2. The Morgan fingerprint density at radius 2 is 1.68 bits per heavy atom. The van der Waals surface area contributed by atoms with Crippen LogP contribution in [0.15, 0.2) is 34.9 Å². The maximum absolute atomic E-state index is 5.43. The van der Waals surface area contributed by atoms with Crippen molar-refractivity contribution in [2.45, 2.75) is 6.42 Å². The summed E-state index contributed by atoms with van der Waals surface area (Å²) in [6.07, 6.45) is 2.81. The van der Waals surface area contributed by atoms with Gasteiger partial charge in [-0.3, -0.25) is 9.80 Å². The van der Waals surface area contributed by atoms with Crippen LogP contribution in [0.2, 0.25) is 0 Å². The third kappa shape index (κ3) is 7.11. The molecule has 3 heterocycles. The number of anilines is 3. The van der Waals surface area contributed by atoms with E-state index in [0.29, 0.717) is 5.95 Å². The normalized spacial score (nSPS) is 18.1. The highest BCUT2D eigenvalue weighted by molar-refractivity contribution is 9.10. The smallest absolute Gasteiger partial charge is 0.229 e. The van der Waals surface area contributed by atoms with Gasteiger partial charge in [0.05, 0.1) is 30.9 Å². The van der Waals surface area contributed by atoms with Crippen LogP contribution in [0, 0.1) is 0 Å². The molecule has 0 aliphatic carbocycles. The molecule has 1 aromatic carbocycles. The molecular weight excluding hydrogens is 460 g/mol. The van der Waals surface area contributed by atoms with Gasteiger partial charge in [0, 0.05) is 57.7 Å². The van der Waals surface area contributed by atoms with Gasteiger partial charge in [-0.1, -0.05) is 12.1 Å². The predicted molar refractivity (Wildman–Crippen MR) is 126 cm³/mol.